The van der Waals surface area contributed by atoms with Gasteiger partial charge in [-0.25, -0.2) is 4.79 Å². The van der Waals surface area contributed by atoms with Crippen LogP contribution in [0.15, 0.2) is 42.5 Å². The van der Waals surface area contributed by atoms with Gasteiger partial charge in [0.25, 0.3) is 5.78 Å². The molecule has 0 aliphatic carbocycles. The number of rotatable bonds is 5. The molecule has 0 radical (unpaired) electrons. The van der Waals surface area contributed by atoms with Gasteiger partial charge >= 0.3 is 5.97 Å². The highest BCUT2D eigenvalue weighted by Gasteiger charge is 2.21. The van der Waals surface area contributed by atoms with E-state index in [1.165, 1.54) is 12.1 Å². The second-order valence-corrected chi connectivity index (χ2v) is 3.25. The van der Waals surface area contributed by atoms with Gasteiger partial charge in [0, 0.05) is 11.6 Å². The number of carbonyl (C=O) groups is 4. The highest BCUT2D eigenvalue weighted by Crippen LogP contribution is 2.01. The van der Waals surface area contributed by atoms with Crippen LogP contribution in [0.2, 0.25) is 0 Å². The second kappa shape index (κ2) is 6.24. The maximum Gasteiger partial charge on any atom is 0.330 e. The molecule has 0 bridgehead atoms. The summed E-state index contributed by atoms with van der Waals surface area (Å²) in [5, 5.41) is 0. The molecule has 0 N–H and O–H groups in total. The van der Waals surface area contributed by atoms with Crippen LogP contribution in [0.25, 0.3) is 0 Å². The van der Waals surface area contributed by atoms with Crippen molar-refractivity contribution in [1.82, 2.24) is 0 Å². The molecule has 18 heavy (non-hydrogen) atoms. The highest BCUT2D eigenvalue weighted by atomic mass is 16.5. The summed E-state index contributed by atoms with van der Waals surface area (Å²) in [7, 11) is 1.13. The van der Waals surface area contributed by atoms with Crippen LogP contribution in [0.5, 0.6) is 0 Å². The van der Waals surface area contributed by atoms with Gasteiger partial charge in [-0.2, -0.15) is 0 Å². The number of carbonyl (C=O) groups excluding carboxylic acids is 4. The quantitative estimate of drug-likeness (QED) is 0.252. The van der Waals surface area contributed by atoms with Crippen molar-refractivity contribution in [2.75, 3.05) is 7.11 Å². The van der Waals surface area contributed by atoms with E-state index >= 15 is 0 Å². The van der Waals surface area contributed by atoms with E-state index in [2.05, 4.69) is 4.74 Å². The monoisotopic (exact) mass is 246 g/mol. The molecule has 0 unspecified atom stereocenters. The number of ketones is 3. The first-order valence-corrected chi connectivity index (χ1v) is 5.00. The molecule has 0 aliphatic rings. The Morgan fingerprint density at radius 3 is 2.17 bits per heavy atom. The number of benzene rings is 1. The van der Waals surface area contributed by atoms with Crippen LogP contribution in [-0.2, 0) is 19.1 Å². The lowest BCUT2D eigenvalue weighted by molar-refractivity contribution is -0.135. The summed E-state index contributed by atoms with van der Waals surface area (Å²) in [5.41, 5.74) is 0.127. The molecule has 1 aromatic rings. The normalized spacial score (nSPS) is 10.1. The smallest absolute Gasteiger partial charge is 0.330 e. The lowest BCUT2D eigenvalue weighted by atomic mass is 10.0. The molecule has 1 rings (SSSR count). The predicted octanol–water partition coefficient (Wildman–Crippen LogP) is 0.737. The Morgan fingerprint density at radius 2 is 1.61 bits per heavy atom. The average Bonchev–Trinajstić information content (AvgIpc) is 2.43. The number of methoxy groups -OCH3 is 1. The van der Waals surface area contributed by atoms with Gasteiger partial charge in [-0.3, -0.25) is 14.4 Å². The maximum atomic E-state index is 11.6. The molecule has 1 aromatic carbocycles. The average molecular weight is 246 g/mol. The van der Waals surface area contributed by atoms with Crippen LogP contribution in [-0.4, -0.2) is 30.4 Å². The molecule has 5 heteroatoms. The van der Waals surface area contributed by atoms with E-state index in [-0.39, 0.29) is 5.56 Å². The Kier molecular flexibility index (Phi) is 4.68. The van der Waals surface area contributed by atoms with Crippen molar-refractivity contribution in [2.45, 2.75) is 0 Å². The lowest BCUT2D eigenvalue weighted by Crippen LogP contribution is -2.22. The molecule has 5 nitrogen and oxygen atoms in total. The topological polar surface area (TPSA) is 77.5 Å². The molecule has 0 aromatic heterocycles. The Bertz CT molecular complexity index is 513. The van der Waals surface area contributed by atoms with Gasteiger partial charge in [0.2, 0.25) is 11.6 Å². The fourth-order valence-corrected chi connectivity index (χ4v) is 1.12. The number of hydrogen-bond acceptors (Lipinski definition) is 5. The van der Waals surface area contributed by atoms with E-state index in [4.69, 9.17) is 0 Å². The third-order valence-corrected chi connectivity index (χ3v) is 2.04. The molecule has 0 saturated heterocycles. The van der Waals surface area contributed by atoms with E-state index in [1.54, 1.807) is 18.2 Å². The third kappa shape index (κ3) is 3.48. The largest absolute Gasteiger partial charge is 0.466 e. The summed E-state index contributed by atoms with van der Waals surface area (Å²) in [6.45, 7) is 0. The Morgan fingerprint density at radius 1 is 1.00 bits per heavy atom. The first-order chi connectivity index (χ1) is 8.56. The van der Waals surface area contributed by atoms with Gasteiger partial charge in [0.05, 0.1) is 7.11 Å². The molecular formula is C13H10O5. The Labute approximate surface area is 103 Å². The fraction of sp³-hybridized carbons (Fsp3) is 0.0769. The van der Waals surface area contributed by atoms with E-state index in [0.717, 1.165) is 19.3 Å². The van der Waals surface area contributed by atoms with Gasteiger partial charge in [-0.1, -0.05) is 30.3 Å². The second-order valence-electron chi connectivity index (χ2n) is 3.25. The number of esters is 1. The summed E-state index contributed by atoms with van der Waals surface area (Å²) in [4.78, 5) is 45.1. The summed E-state index contributed by atoms with van der Waals surface area (Å²) in [6.07, 6.45) is 1.51. The van der Waals surface area contributed by atoms with Crippen LogP contribution >= 0.6 is 0 Å². The standard InChI is InChI=1S/C13H10O5/c1-18-11(15)8-7-10(14)13(17)12(16)9-5-3-2-4-6-9/h2-8H,1H3/b8-7+. The van der Waals surface area contributed by atoms with Crippen molar-refractivity contribution in [3.8, 4) is 0 Å². The van der Waals surface area contributed by atoms with Crippen LogP contribution in [0.4, 0.5) is 0 Å². The molecule has 0 atom stereocenters. The van der Waals surface area contributed by atoms with E-state index < -0.39 is 23.3 Å². The van der Waals surface area contributed by atoms with Crippen LogP contribution in [0, 0.1) is 0 Å². The van der Waals surface area contributed by atoms with Crippen molar-refractivity contribution in [3.63, 3.8) is 0 Å². The predicted molar refractivity (Wildman–Crippen MR) is 61.9 cm³/mol. The minimum Gasteiger partial charge on any atom is -0.466 e. The molecule has 92 valence electrons. The van der Waals surface area contributed by atoms with Gasteiger partial charge in [0.1, 0.15) is 0 Å². The van der Waals surface area contributed by atoms with E-state index in [9.17, 15) is 19.2 Å². The minimum absolute atomic E-state index is 0.127. The molecule has 0 heterocycles. The Balaban J connectivity index is 2.77. The number of allylic oxidation sites excluding steroid dienone is 1. The number of ether oxygens (including phenoxy) is 1. The van der Waals surface area contributed by atoms with Crippen LogP contribution < -0.4 is 0 Å². The number of Topliss-reactive ketones (excluding diaryl/α,β-unsaturated/α-hetero) is 2. The molecule has 0 saturated carbocycles. The summed E-state index contributed by atoms with van der Waals surface area (Å²) < 4.78 is 4.25. The number of hydrogen-bond donors (Lipinski definition) is 0. The first kappa shape index (κ1) is 13.5. The molecular weight excluding hydrogens is 236 g/mol. The lowest BCUT2D eigenvalue weighted by Gasteiger charge is -1.96. The zero-order valence-corrected chi connectivity index (χ0v) is 9.58. The zero-order chi connectivity index (χ0) is 13.5. The van der Waals surface area contributed by atoms with Crippen molar-refractivity contribution in [2.24, 2.45) is 0 Å². The van der Waals surface area contributed by atoms with Gasteiger partial charge in [-0.15, -0.1) is 0 Å². The van der Waals surface area contributed by atoms with Crippen molar-refractivity contribution in [1.29, 1.82) is 0 Å². The van der Waals surface area contributed by atoms with Gasteiger partial charge in [0.15, 0.2) is 0 Å². The van der Waals surface area contributed by atoms with E-state index in [0.29, 0.717) is 0 Å². The van der Waals surface area contributed by atoms with Gasteiger partial charge in [-0.05, 0) is 6.08 Å². The molecule has 0 spiro atoms. The van der Waals surface area contributed by atoms with E-state index in [1.807, 2.05) is 0 Å². The zero-order valence-electron chi connectivity index (χ0n) is 9.58. The van der Waals surface area contributed by atoms with Crippen LogP contribution in [0.3, 0.4) is 0 Å². The fourth-order valence-electron chi connectivity index (χ4n) is 1.12. The van der Waals surface area contributed by atoms with Crippen LogP contribution in [0.1, 0.15) is 10.4 Å². The third-order valence-electron chi connectivity index (χ3n) is 2.04. The maximum absolute atomic E-state index is 11.6. The van der Waals surface area contributed by atoms with Gasteiger partial charge < -0.3 is 4.74 Å². The first-order valence-electron chi connectivity index (χ1n) is 5.00. The molecule has 0 amide bonds. The summed E-state index contributed by atoms with van der Waals surface area (Å²) in [5.74, 6) is -3.94. The molecule has 0 fully saturated rings. The summed E-state index contributed by atoms with van der Waals surface area (Å²) >= 11 is 0. The van der Waals surface area contributed by atoms with Crippen molar-refractivity contribution in [3.05, 3.63) is 48.0 Å². The van der Waals surface area contributed by atoms with Crippen molar-refractivity contribution < 1.29 is 23.9 Å². The highest BCUT2D eigenvalue weighted by molar-refractivity contribution is 6.69. The minimum atomic E-state index is -1.19. The molecule has 0 aliphatic heterocycles. The summed E-state index contributed by atoms with van der Waals surface area (Å²) in [6, 6.07) is 7.69. The SMILES string of the molecule is COC(=O)/C=C/C(=O)C(=O)C(=O)c1ccccc1. The Hall–Kier alpha value is -2.56. The van der Waals surface area contributed by atoms with Crippen molar-refractivity contribution >= 4 is 23.3 Å².